The van der Waals surface area contributed by atoms with E-state index in [1.54, 1.807) is 24.3 Å². The molecule has 1 aromatic carbocycles. The van der Waals surface area contributed by atoms with Crippen molar-refractivity contribution < 1.29 is 19.4 Å². The minimum atomic E-state index is -1.01. The standard InChI is InChI=1S/C19H25N3O4/c1-14(17(24)22-19(13-20)9-5-2-6-10-19)26-18(25)15-7-3-4-8-16(15)21-11-12-23/h3-4,7-8,14,21,23H,2,5-6,9-12H2,1H3,(H,22,24)/t14-/m0/s1. The summed E-state index contributed by atoms with van der Waals surface area (Å²) >= 11 is 0. The molecule has 1 atom stereocenters. The Labute approximate surface area is 153 Å². The van der Waals surface area contributed by atoms with Crippen LogP contribution in [0.25, 0.3) is 0 Å². The topological polar surface area (TPSA) is 111 Å². The molecule has 0 radical (unpaired) electrons. The highest BCUT2D eigenvalue weighted by atomic mass is 16.5. The lowest BCUT2D eigenvalue weighted by atomic mass is 9.83. The van der Waals surface area contributed by atoms with Crippen LogP contribution in [0.4, 0.5) is 5.69 Å². The SMILES string of the molecule is C[C@H](OC(=O)c1ccccc1NCCO)C(=O)NC1(C#N)CCCCC1. The molecule has 3 N–H and O–H groups in total. The van der Waals surface area contributed by atoms with Crippen molar-refractivity contribution >= 4 is 17.6 Å². The smallest absolute Gasteiger partial charge is 0.341 e. The minimum Gasteiger partial charge on any atom is -0.449 e. The third-order valence-electron chi connectivity index (χ3n) is 4.51. The summed E-state index contributed by atoms with van der Waals surface area (Å²) in [6, 6.07) is 8.95. The van der Waals surface area contributed by atoms with Crippen LogP contribution in [0.3, 0.4) is 0 Å². The van der Waals surface area contributed by atoms with Crippen LogP contribution in [0.1, 0.15) is 49.4 Å². The average molecular weight is 359 g/mol. The molecule has 0 aliphatic heterocycles. The third kappa shape index (κ3) is 4.96. The molecule has 1 aliphatic carbocycles. The number of carbonyl (C=O) groups excluding carboxylic acids is 2. The molecule has 1 fully saturated rings. The zero-order valence-electron chi connectivity index (χ0n) is 15.0. The number of aliphatic hydroxyl groups excluding tert-OH is 1. The number of nitriles is 1. The van der Waals surface area contributed by atoms with E-state index in [4.69, 9.17) is 9.84 Å². The van der Waals surface area contributed by atoms with Crippen LogP contribution in [-0.2, 0) is 9.53 Å². The summed E-state index contributed by atoms with van der Waals surface area (Å²) in [5, 5.41) is 24.1. The monoisotopic (exact) mass is 359 g/mol. The fourth-order valence-electron chi connectivity index (χ4n) is 3.04. The van der Waals surface area contributed by atoms with Crippen molar-refractivity contribution in [2.24, 2.45) is 0 Å². The molecule has 1 saturated carbocycles. The van der Waals surface area contributed by atoms with Gasteiger partial charge in [0.25, 0.3) is 5.91 Å². The number of esters is 1. The first kappa shape index (κ1) is 19.7. The van der Waals surface area contributed by atoms with Crippen LogP contribution >= 0.6 is 0 Å². The summed E-state index contributed by atoms with van der Waals surface area (Å²) in [5.74, 6) is -1.11. The Balaban J connectivity index is 2.00. The number of rotatable bonds is 7. The van der Waals surface area contributed by atoms with Gasteiger partial charge in [-0.3, -0.25) is 4.79 Å². The van der Waals surface area contributed by atoms with Crippen molar-refractivity contribution in [2.45, 2.75) is 50.7 Å². The molecule has 0 saturated heterocycles. The number of ether oxygens (including phenoxy) is 1. The Bertz CT molecular complexity index is 678. The molecule has 1 amide bonds. The number of carbonyl (C=O) groups is 2. The van der Waals surface area contributed by atoms with Crippen molar-refractivity contribution in [1.29, 1.82) is 5.26 Å². The van der Waals surface area contributed by atoms with Crippen LogP contribution in [0.5, 0.6) is 0 Å². The normalized spacial score (nSPS) is 16.8. The van der Waals surface area contributed by atoms with Crippen molar-refractivity contribution in [3.8, 4) is 6.07 Å². The van der Waals surface area contributed by atoms with Gasteiger partial charge in [-0.2, -0.15) is 5.26 Å². The van der Waals surface area contributed by atoms with E-state index in [0.717, 1.165) is 19.3 Å². The Hall–Kier alpha value is -2.59. The van der Waals surface area contributed by atoms with Gasteiger partial charge in [0.05, 0.1) is 18.2 Å². The van der Waals surface area contributed by atoms with Crippen LogP contribution in [0.15, 0.2) is 24.3 Å². The fourth-order valence-corrected chi connectivity index (χ4v) is 3.04. The zero-order chi connectivity index (χ0) is 19.0. The van der Waals surface area contributed by atoms with Crippen LogP contribution in [0, 0.1) is 11.3 Å². The third-order valence-corrected chi connectivity index (χ3v) is 4.51. The quantitative estimate of drug-likeness (QED) is 0.642. The van der Waals surface area contributed by atoms with Crippen molar-refractivity contribution in [3.63, 3.8) is 0 Å². The average Bonchev–Trinajstić information content (AvgIpc) is 2.67. The van der Waals surface area contributed by atoms with E-state index in [2.05, 4.69) is 16.7 Å². The summed E-state index contributed by atoms with van der Waals surface area (Å²) in [6.45, 7) is 1.72. The number of hydrogen-bond acceptors (Lipinski definition) is 6. The Morgan fingerprint density at radius 2 is 2.00 bits per heavy atom. The van der Waals surface area contributed by atoms with E-state index in [0.29, 0.717) is 25.1 Å². The number of nitrogens with zero attached hydrogens (tertiary/aromatic N) is 1. The number of anilines is 1. The number of benzene rings is 1. The predicted molar refractivity (Wildman–Crippen MR) is 96.5 cm³/mol. The van der Waals surface area contributed by atoms with Crippen LogP contribution in [-0.4, -0.2) is 41.8 Å². The largest absolute Gasteiger partial charge is 0.449 e. The van der Waals surface area contributed by atoms with Gasteiger partial charge in [-0.1, -0.05) is 31.4 Å². The van der Waals surface area contributed by atoms with Gasteiger partial charge in [-0.25, -0.2) is 4.79 Å². The Kier molecular flexibility index (Phi) is 6.98. The molecular formula is C19H25N3O4. The van der Waals surface area contributed by atoms with Crippen molar-refractivity contribution in [2.75, 3.05) is 18.5 Å². The van der Waals surface area contributed by atoms with Gasteiger partial charge >= 0.3 is 5.97 Å². The van der Waals surface area contributed by atoms with Gasteiger partial charge in [0.1, 0.15) is 5.54 Å². The van der Waals surface area contributed by atoms with E-state index in [9.17, 15) is 14.9 Å². The van der Waals surface area contributed by atoms with Gasteiger partial charge in [0, 0.05) is 12.2 Å². The fraction of sp³-hybridized carbons (Fsp3) is 0.526. The Morgan fingerprint density at radius 3 is 2.65 bits per heavy atom. The van der Waals surface area contributed by atoms with E-state index in [1.165, 1.54) is 6.92 Å². The van der Waals surface area contributed by atoms with Crippen molar-refractivity contribution in [1.82, 2.24) is 5.32 Å². The molecular weight excluding hydrogens is 334 g/mol. The highest BCUT2D eigenvalue weighted by molar-refractivity contribution is 5.97. The lowest BCUT2D eigenvalue weighted by molar-refractivity contribution is -0.130. The highest BCUT2D eigenvalue weighted by Gasteiger charge is 2.35. The summed E-state index contributed by atoms with van der Waals surface area (Å²) < 4.78 is 5.29. The molecule has 7 heteroatoms. The molecule has 0 bridgehead atoms. The summed E-state index contributed by atoms with van der Waals surface area (Å²) in [4.78, 5) is 24.8. The van der Waals surface area contributed by atoms with E-state index in [-0.39, 0.29) is 12.2 Å². The van der Waals surface area contributed by atoms with E-state index >= 15 is 0 Å². The second-order valence-electron chi connectivity index (χ2n) is 6.49. The van der Waals surface area contributed by atoms with E-state index in [1.807, 2.05) is 0 Å². The Morgan fingerprint density at radius 1 is 1.31 bits per heavy atom. The maximum Gasteiger partial charge on any atom is 0.341 e. The molecule has 1 aliphatic rings. The highest BCUT2D eigenvalue weighted by Crippen LogP contribution is 2.27. The first-order chi connectivity index (χ1) is 12.5. The molecule has 0 unspecified atom stereocenters. The number of para-hydroxylation sites is 1. The molecule has 7 nitrogen and oxygen atoms in total. The molecule has 0 heterocycles. The summed E-state index contributed by atoms with van der Waals surface area (Å²) in [6.07, 6.45) is 3.06. The molecule has 1 aromatic rings. The van der Waals surface area contributed by atoms with E-state index < -0.39 is 23.5 Å². The zero-order valence-corrected chi connectivity index (χ0v) is 15.0. The second-order valence-corrected chi connectivity index (χ2v) is 6.49. The molecule has 140 valence electrons. The van der Waals surface area contributed by atoms with Gasteiger partial charge in [-0.05, 0) is 31.9 Å². The molecule has 0 spiro atoms. The van der Waals surface area contributed by atoms with Gasteiger partial charge in [0.2, 0.25) is 0 Å². The first-order valence-corrected chi connectivity index (χ1v) is 8.89. The number of nitrogens with one attached hydrogen (secondary N) is 2. The predicted octanol–water partition coefficient (Wildman–Crippen LogP) is 1.98. The molecule has 26 heavy (non-hydrogen) atoms. The van der Waals surface area contributed by atoms with Crippen molar-refractivity contribution in [3.05, 3.63) is 29.8 Å². The van der Waals surface area contributed by atoms with Gasteiger partial charge in [0.15, 0.2) is 6.10 Å². The lowest BCUT2D eigenvalue weighted by Gasteiger charge is -2.32. The number of amides is 1. The lowest BCUT2D eigenvalue weighted by Crippen LogP contribution is -2.52. The van der Waals surface area contributed by atoms with Crippen LogP contribution in [0.2, 0.25) is 0 Å². The molecule has 0 aromatic heterocycles. The van der Waals surface area contributed by atoms with Gasteiger partial charge in [-0.15, -0.1) is 0 Å². The summed E-state index contributed by atoms with van der Waals surface area (Å²) in [7, 11) is 0. The van der Waals surface area contributed by atoms with Crippen LogP contribution < -0.4 is 10.6 Å². The molecule has 2 rings (SSSR count). The maximum atomic E-state index is 12.4. The first-order valence-electron chi connectivity index (χ1n) is 8.89. The number of hydrogen-bond donors (Lipinski definition) is 3. The second kappa shape index (κ2) is 9.20. The summed E-state index contributed by atoms with van der Waals surface area (Å²) in [5.41, 5.74) is -0.0513. The van der Waals surface area contributed by atoms with Gasteiger partial charge < -0.3 is 20.5 Å². The minimum absolute atomic E-state index is 0.0710. The maximum absolute atomic E-state index is 12.4. The number of aliphatic hydroxyl groups is 1.